The zero-order valence-electron chi connectivity index (χ0n) is 13.1. The summed E-state index contributed by atoms with van der Waals surface area (Å²) in [5.41, 5.74) is 6.12. The van der Waals surface area contributed by atoms with Crippen LogP contribution in [0.3, 0.4) is 0 Å². The second-order valence-electron chi connectivity index (χ2n) is 5.29. The Balaban J connectivity index is 2.52. The molecule has 0 spiro atoms. The van der Waals surface area contributed by atoms with Crippen LogP contribution in [0.4, 0.5) is 0 Å². The van der Waals surface area contributed by atoms with Crippen LogP contribution in [0.2, 0.25) is 5.02 Å². The van der Waals surface area contributed by atoms with Crippen molar-refractivity contribution in [1.29, 1.82) is 0 Å². The van der Waals surface area contributed by atoms with Gasteiger partial charge in [0, 0.05) is 23.2 Å². The molecule has 5 nitrogen and oxygen atoms in total. The molecule has 1 aromatic carbocycles. The second-order valence-corrected chi connectivity index (χ2v) is 5.72. The Hall–Kier alpha value is -1.59. The van der Waals surface area contributed by atoms with Gasteiger partial charge in [-0.25, -0.2) is 0 Å². The van der Waals surface area contributed by atoms with Gasteiger partial charge >= 0.3 is 0 Å². The highest BCUT2D eigenvalue weighted by Gasteiger charge is 2.19. The molecule has 0 heterocycles. The van der Waals surface area contributed by atoms with Crippen LogP contribution >= 0.6 is 11.6 Å². The van der Waals surface area contributed by atoms with Crippen LogP contribution < -0.4 is 16.4 Å². The van der Waals surface area contributed by atoms with Gasteiger partial charge in [0.25, 0.3) is 5.91 Å². The van der Waals surface area contributed by atoms with Gasteiger partial charge in [-0.3, -0.25) is 9.59 Å². The van der Waals surface area contributed by atoms with Crippen LogP contribution in [0.15, 0.2) is 24.3 Å². The number of unbranched alkanes of at least 4 members (excludes halogenated alkanes) is 1. The maximum absolute atomic E-state index is 12.1. The van der Waals surface area contributed by atoms with Gasteiger partial charge < -0.3 is 16.4 Å². The lowest BCUT2D eigenvalue weighted by molar-refractivity contribution is -0.123. The molecule has 0 aromatic heterocycles. The molecule has 2 unspecified atom stereocenters. The highest BCUT2D eigenvalue weighted by Crippen LogP contribution is 2.09. The van der Waals surface area contributed by atoms with Gasteiger partial charge in [-0.15, -0.1) is 0 Å². The minimum Gasteiger partial charge on any atom is -0.350 e. The molecule has 0 bridgehead atoms. The summed E-state index contributed by atoms with van der Waals surface area (Å²) in [6.07, 6.45) is 2.90. The largest absolute Gasteiger partial charge is 0.350 e. The van der Waals surface area contributed by atoms with E-state index in [-0.39, 0.29) is 17.9 Å². The standard InChI is InChI=1S/C16H24ClN3O2/c1-3-4-5-14(10-18)20-15(21)11(2)19-16(22)12-6-8-13(17)9-7-12/h6-9,11,14H,3-5,10,18H2,1-2H3,(H,19,22)(H,20,21). The maximum Gasteiger partial charge on any atom is 0.251 e. The first-order chi connectivity index (χ1) is 10.5. The Labute approximate surface area is 136 Å². The lowest BCUT2D eigenvalue weighted by Gasteiger charge is -2.20. The Morgan fingerprint density at radius 3 is 2.41 bits per heavy atom. The molecule has 0 saturated carbocycles. The van der Waals surface area contributed by atoms with Gasteiger partial charge in [0.1, 0.15) is 6.04 Å². The van der Waals surface area contributed by atoms with E-state index in [1.165, 1.54) is 0 Å². The van der Waals surface area contributed by atoms with Crippen molar-refractivity contribution in [3.8, 4) is 0 Å². The van der Waals surface area contributed by atoms with E-state index in [4.69, 9.17) is 17.3 Å². The first-order valence-corrected chi connectivity index (χ1v) is 7.92. The Morgan fingerprint density at radius 2 is 1.86 bits per heavy atom. The van der Waals surface area contributed by atoms with E-state index in [1.807, 2.05) is 0 Å². The van der Waals surface area contributed by atoms with E-state index >= 15 is 0 Å². The molecule has 122 valence electrons. The van der Waals surface area contributed by atoms with Crippen LogP contribution in [0.1, 0.15) is 43.5 Å². The van der Waals surface area contributed by atoms with Crippen LogP contribution in [-0.2, 0) is 4.79 Å². The van der Waals surface area contributed by atoms with Crippen molar-refractivity contribution in [3.63, 3.8) is 0 Å². The third kappa shape index (κ3) is 6.03. The van der Waals surface area contributed by atoms with Gasteiger partial charge in [0.05, 0.1) is 0 Å². The molecule has 1 rings (SSSR count). The number of nitrogens with two attached hydrogens (primary N) is 1. The topological polar surface area (TPSA) is 84.2 Å². The number of hydrogen-bond donors (Lipinski definition) is 3. The Morgan fingerprint density at radius 1 is 1.23 bits per heavy atom. The van der Waals surface area contributed by atoms with Crippen molar-refractivity contribution in [2.24, 2.45) is 5.73 Å². The number of nitrogens with one attached hydrogen (secondary N) is 2. The number of carbonyl (C=O) groups excluding carboxylic acids is 2. The number of halogens is 1. The number of amides is 2. The maximum atomic E-state index is 12.1. The predicted octanol–water partition coefficient (Wildman–Crippen LogP) is 2.09. The molecule has 1 aromatic rings. The minimum absolute atomic E-state index is 0.0534. The fourth-order valence-corrected chi connectivity index (χ4v) is 2.10. The normalized spacial score (nSPS) is 13.3. The molecule has 6 heteroatoms. The number of hydrogen-bond acceptors (Lipinski definition) is 3. The van der Waals surface area contributed by atoms with Crippen molar-refractivity contribution in [1.82, 2.24) is 10.6 Å². The predicted molar refractivity (Wildman–Crippen MR) is 88.9 cm³/mol. The van der Waals surface area contributed by atoms with Crippen molar-refractivity contribution < 1.29 is 9.59 Å². The van der Waals surface area contributed by atoms with Gasteiger partial charge in [0.2, 0.25) is 5.91 Å². The Bertz CT molecular complexity index is 491. The highest BCUT2D eigenvalue weighted by molar-refractivity contribution is 6.30. The molecule has 4 N–H and O–H groups in total. The third-order valence-electron chi connectivity index (χ3n) is 3.38. The van der Waals surface area contributed by atoms with Crippen molar-refractivity contribution in [3.05, 3.63) is 34.9 Å². The van der Waals surface area contributed by atoms with Crippen LogP contribution in [0, 0.1) is 0 Å². The van der Waals surface area contributed by atoms with Gasteiger partial charge in [-0.1, -0.05) is 31.4 Å². The summed E-state index contributed by atoms with van der Waals surface area (Å²) in [5, 5.41) is 6.09. The van der Waals surface area contributed by atoms with E-state index < -0.39 is 6.04 Å². The molecule has 0 aliphatic carbocycles. The first-order valence-electron chi connectivity index (χ1n) is 7.54. The molecule has 2 atom stereocenters. The Kier molecular flexibility index (Phi) is 7.91. The molecule has 0 fully saturated rings. The first kappa shape index (κ1) is 18.5. The van der Waals surface area contributed by atoms with E-state index in [0.717, 1.165) is 19.3 Å². The van der Waals surface area contributed by atoms with Crippen molar-refractivity contribution in [2.75, 3.05) is 6.54 Å². The SMILES string of the molecule is CCCCC(CN)NC(=O)C(C)NC(=O)c1ccc(Cl)cc1. The molecular formula is C16H24ClN3O2. The summed E-state index contributed by atoms with van der Waals surface area (Å²) in [6.45, 7) is 4.13. The lowest BCUT2D eigenvalue weighted by atomic mass is 10.1. The average Bonchev–Trinajstić information content (AvgIpc) is 2.51. The molecule has 0 aliphatic rings. The molecule has 0 radical (unpaired) electrons. The van der Waals surface area contributed by atoms with E-state index in [1.54, 1.807) is 31.2 Å². The number of rotatable bonds is 8. The molecule has 22 heavy (non-hydrogen) atoms. The van der Waals surface area contributed by atoms with Crippen LogP contribution in [0.25, 0.3) is 0 Å². The fourth-order valence-electron chi connectivity index (χ4n) is 1.97. The second kappa shape index (κ2) is 9.43. The van der Waals surface area contributed by atoms with Gasteiger partial charge in [0.15, 0.2) is 0 Å². The summed E-state index contributed by atoms with van der Waals surface area (Å²) in [4.78, 5) is 24.1. The summed E-state index contributed by atoms with van der Waals surface area (Å²) < 4.78 is 0. The minimum atomic E-state index is -0.626. The molecular weight excluding hydrogens is 302 g/mol. The zero-order chi connectivity index (χ0) is 16.5. The van der Waals surface area contributed by atoms with E-state index in [2.05, 4.69) is 17.6 Å². The van der Waals surface area contributed by atoms with Crippen molar-refractivity contribution in [2.45, 2.75) is 45.2 Å². The summed E-state index contributed by atoms with van der Waals surface area (Å²) in [7, 11) is 0. The molecule has 0 saturated heterocycles. The number of benzene rings is 1. The molecule has 0 aliphatic heterocycles. The fraction of sp³-hybridized carbons (Fsp3) is 0.500. The third-order valence-corrected chi connectivity index (χ3v) is 3.64. The smallest absolute Gasteiger partial charge is 0.251 e. The van der Waals surface area contributed by atoms with Gasteiger partial charge in [-0.2, -0.15) is 0 Å². The monoisotopic (exact) mass is 325 g/mol. The summed E-state index contributed by atoms with van der Waals surface area (Å²) in [5.74, 6) is -0.536. The van der Waals surface area contributed by atoms with Gasteiger partial charge in [-0.05, 0) is 37.6 Å². The quantitative estimate of drug-likeness (QED) is 0.684. The summed E-state index contributed by atoms with van der Waals surface area (Å²) in [6, 6.07) is 5.83. The van der Waals surface area contributed by atoms with Crippen molar-refractivity contribution >= 4 is 23.4 Å². The summed E-state index contributed by atoms with van der Waals surface area (Å²) >= 11 is 5.78. The van der Waals surface area contributed by atoms with Crippen LogP contribution in [-0.4, -0.2) is 30.4 Å². The number of carbonyl (C=O) groups is 2. The van der Waals surface area contributed by atoms with Crippen LogP contribution in [0.5, 0.6) is 0 Å². The lowest BCUT2D eigenvalue weighted by Crippen LogP contribution is -2.50. The van der Waals surface area contributed by atoms with E-state index in [0.29, 0.717) is 17.1 Å². The van der Waals surface area contributed by atoms with E-state index in [9.17, 15) is 9.59 Å². The highest BCUT2D eigenvalue weighted by atomic mass is 35.5. The molecule has 2 amide bonds. The average molecular weight is 326 g/mol. The zero-order valence-corrected chi connectivity index (χ0v) is 13.8.